The fourth-order valence-electron chi connectivity index (χ4n) is 2.44. The lowest BCUT2D eigenvalue weighted by molar-refractivity contribution is -0.142. The maximum atomic E-state index is 13.3. The minimum atomic E-state index is -3.85. The van der Waals surface area contributed by atoms with Gasteiger partial charge in [0.05, 0.1) is 10.8 Å². The number of aliphatic carboxylic acids is 1. The van der Waals surface area contributed by atoms with Gasteiger partial charge in [-0.3, -0.25) is 4.79 Å². The average Bonchev–Trinajstić information content (AvgIpc) is 2.70. The highest BCUT2D eigenvalue weighted by molar-refractivity contribution is 7.89. The van der Waals surface area contributed by atoms with Crippen molar-refractivity contribution in [3.8, 4) is 0 Å². The van der Waals surface area contributed by atoms with Gasteiger partial charge in [0.25, 0.3) is 0 Å². The first-order chi connectivity index (χ1) is 9.21. The molecule has 2 atom stereocenters. The number of benzene rings is 1. The lowest BCUT2D eigenvalue weighted by Crippen LogP contribution is -2.30. The minimum Gasteiger partial charge on any atom is -0.481 e. The molecule has 0 radical (unpaired) electrons. The molecule has 0 aliphatic carbocycles. The van der Waals surface area contributed by atoms with Crippen LogP contribution in [0, 0.1) is 24.6 Å². The molecule has 1 heterocycles. The summed E-state index contributed by atoms with van der Waals surface area (Å²) in [6, 6.07) is 3.59. The summed E-state index contributed by atoms with van der Waals surface area (Å²) in [7, 11) is -3.85. The fraction of sp³-hybridized carbons (Fsp3) is 0.462. The van der Waals surface area contributed by atoms with Gasteiger partial charge in [0.1, 0.15) is 5.82 Å². The van der Waals surface area contributed by atoms with Crippen molar-refractivity contribution < 1.29 is 22.7 Å². The fourth-order valence-corrected chi connectivity index (χ4v) is 4.12. The number of carboxylic acid groups (broad SMARTS) is 1. The van der Waals surface area contributed by atoms with E-state index in [-0.39, 0.29) is 23.9 Å². The van der Waals surface area contributed by atoms with E-state index in [4.69, 9.17) is 5.11 Å². The van der Waals surface area contributed by atoms with Crippen LogP contribution < -0.4 is 0 Å². The van der Waals surface area contributed by atoms with Crippen LogP contribution in [-0.2, 0) is 14.8 Å². The van der Waals surface area contributed by atoms with Gasteiger partial charge in [0.15, 0.2) is 0 Å². The van der Waals surface area contributed by atoms with E-state index in [1.54, 1.807) is 13.8 Å². The van der Waals surface area contributed by atoms with Gasteiger partial charge in [-0.2, -0.15) is 4.31 Å². The SMILES string of the molecule is Cc1cc(F)cc(S(=O)(=O)N2C[C@@H](C)[C@H](C(=O)O)C2)c1. The van der Waals surface area contributed by atoms with Gasteiger partial charge in [-0.05, 0) is 36.6 Å². The molecule has 20 heavy (non-hydrogen) atoms. The van der Waals surface area contributed by atoms with Gasteiger partial charge in [-0.1, -0.05) is 6.92 Å². The average molecular weight is 301 g/mol. The van der Waals surface area contributed by atoms with Crippen LogP contribution in [0.25, 0.3) is 0 Å². The van der Waals surface area contributed by atoms with E-state index in [0.29, 0.717) is 5.56 Å². The number of nitrogens with zero attached hydrogens (tertiary/aromatic N) is 1. The molecule has 110 valence electrons. The second kappa shape index (κ2) is 5.14. The van der Waals surface area contributed by atoms with E-state index < -0.39 is 27.7 Å². The van der Waals surface area contributed by atoms with Crippen LogP contribution in [-0.4, -0.2) is 36.9 Å². The monoisotopic (exact) mass is 301 g/mol. The summed E-state index contributed by atoms with van der Waals surface area (Å²) in [4.78, 5) is 10.9. The molecule has 0 bridgehead atoms. The molecule has 0 aromatic heterocycles. The van der Waals surface area contributed by atoms with Gasteiger partial charge in [-0.25, -0.2) is 12.8 Å². The Bertz CT molecular complexity index is 624. The maximum Gasteiger partial charge on any atom is 0.308 e. The lowest BCUT2D eigenvalue weighted by atomic mass is 9.99. The molecular formula is C13H16FNO4S. The number of rotatable bonds is 3. The number of carboxylic acids is 1. The molecule has 1 fully saturated rings. The number of carbonyl (C=O) groups is 1. The van der Waals surface area contributed by atoms with Crippen molar-refractivity contribution >= 4 is 16.0 Å². The van der Waals surface area contributed by atoms with Crippen LogP contribution >= 0.6 is 0 Å². The maximum absolute atomic E-state index is 13.3. The predicted molar refractivity (Wildman–Crippen MR) is 70.2 cm³/mol. The summed E-state index contributed by atoms with van der Waals surface area (Å²) >= 11 is 0. The predicted octanol–water partition coefficient (Wildman–Crippen LogP) is 1.48. The summed E-state index contributed by atoms with van der Waals surface area (Å²) in [6.45, 7) is 3.36. The molecule has 0 spiro atoms. The van der Waals surface area contributed by atoms with Gasteiger partial charge in [-0.15, -0.1) is 0 Å². The van der Waals surface area contributed by atoms with Gasteiger partial charge in [0.2, 0.25) is 10.0 Å². The number of aryl methyl sites for hydroxylation is 1. The molecule has 1 aromatic rings. The Morgan fingerprint density at radius 2 is 2.00 bits per heavy atom. The molecule has 0 amide bonds. The van der Waals surface area contributed by atoms with Gasteiger partial charge >= 0.3 is 5.97 Å². The van der Waals surface area contributed by atoms with Crippen LogP contribution in [0.2, 0.25) is 0 Å². The van der Waals surface area contributed by atoms with Crippen LogP contribution in [0.1, 0.15) is 12.5 Å². The normalized spacial score (nSPS) is 23.9. The van der Waals surface area contributed by atoms with Gasteiger partial charge < -0.3 is 5.11 Å². The third-order valence-corrected chi connectivity index (χ3v) is 5.36. The summed E-state index contributed by atoms with van der Waals surface area (Å²) in [5.41, 5.74) is 0.505. The van der Waals surface area contributed by atoms with E-state index in [2.05, 4.69) is 0 Å². The van der Waals surface area contributed by atoms with Crippen molar-refractivity contribution in [1.29, 1.82) is 0 Å². The molecule has 1 N–H and O–H groups in total. The molecule has 2 rings (SSSR count). The molecule has 1 aromatic carbocycles. The van der Waals surface area contributed by atoms with Crippen molar-refractivity contribution in [3.63, 3.8) is 0 Å². The molecule has 7 heteroatoms. The second-order valence-electron chi connectivity index (χ2n) is 5.21. The highest BCUT2D eigenvalue weighted by Gasteiger charge is 2.40. The number of sulfonamides is 1. The van der Waals surface area contributed by atoms with Crippen molar-refractivity contribution in [2.45, 2.75) is 18.7 Å². The van der Waals surface area contributed by atoms with Crippen LogP contribution in [0.5, 0.6) is 0 Å². The summed E-state index contributed by atoms with van der Waals surface area (Å²) in [6.07, 6.45) is 0. The quantitative estimate of drug-likeness (QED) is 0.917. The summed E-state index contributed by atoms with van der Waals surface area (Å²) in [5.74, 6) is -2.62. The zero-order valence-electron chi connectivity index (χ0n) is 11.2. The summed E-state index contributed by atoms with van der Waals surface area (Å²) in [5, 5.41) is 9.04. The largest absolute Gasteiger partial charge is 0.481 e. The first kappa shape index (κ1) is 14.9. The highest BCUT2D eigenvalue weighted by Crippen LogP contribution is 2.29. The zero-order valence-corrected chi connectivity index (χ0v) is 12.0. The Balaban J connectivity index is 2.34. The van der Waals surface area contributed by atoms with E-state index in [9.17, 15) is 17.6 Å². The highest BCUT2D eigenvalue weighted by atomic mass is 32.2. The molecule has 1 aliphatic rings. The lowest BCUT2D eigenvalue weighted by Gasteiger charge is -2.16. The Kier molecular flexibility index (Phi) is 3.84. The molecular weight excluding hydrogens is 285 g/mol. The molecule has 5 nitrogen and oxygen atoms in total. The third-order valence-electron chi connectivity index (χ3n) is 3.55. The number of hydrogen-bond acceptors (Lipinski definition) is 3. The van der Waals surface area contributed by atoms with Crippen LogP contribution in [0.4, 0.5) is 4.39 Å². The standard InChI is InChI=1S/C13H16FNO4S/c1-8-3-10(14)5-11(4-8)20(18,19)15-6-9(2)12(7-15)13(16)17/h3-5,9,12H,6-7H2,1-2H3,(H,16,17)/t9-,12-/m1/s1. The topological polar surface area (TPSA) is 74.7 Å². The molecule has 1 saturated heterocycles. The van der Waals surface area contributed by atoms with E-state index in [0.717, 1.165) is 10.4 Å². The van der Waals surface area contributed by atoms with Crippen molar-refractivity contribution in [2.24, 2.45) is 11.8 Å². The molecule has 0 unspecified atom stereocenters. The first-order valence-electron chi connectivity index (χ1n) is 6.22. The van der Waals surface area contributed by atoms with E-state index >= 15 is 0 Å². The smallest absolute Gasteiger partial charge is 0.308 e. The number of halogens is 1. The number of hydrogen-bond donors (Lipinski definition) is 1. The Hall–Kier alpha value is -1.47. The Morgan fingerprint density at radius 3 is 2.50 bits per heavy atom. The molecule has 0 saturated carbocycles. The van der Waals surface area contributed by atoms with Crippen LogP contribution in [0.3, 0.4) is 0 Å². The van der Waals surface area contributed by atoms with Crippen LogP contribution in [0.15, 0.2) is 23.1 Å². The van der Waals surface area contributed by atoms with Crippen molar-refractivity contribution in [3.05, 3.63) is 29.6 Å². The molecule has 1 aliphatic heterocycles. The summed E-state index contributed by atoms with van der Waals surface area (Å²) < 4.78 is 39.3. The second-order valence-corrected chi connectivity index (χ2v) is 7.15. The van der Waals surface area contributed by atoms with Crippen molar-refractivity contribution in [2.75, 3.05) is 13.1 Å². The van der Waals surface area contributed by atoms with E-state index in [1.807, 2.05) is 0 Å². The Morgan fingerprint density at radius 1 is 1.35 bits per heavy atom. The zero-order chi connectivity index (χ0) is 15.1. The van der Waals surface area contributed by atoms with Crippen molar-refractivity contribution in [1.82, 2.24) is 4.31 Å². The van der Waals surface area contributed by atoms with E-state index in [1.165, 1.54) is 12.1 Å². The Labute approximate surface area is 117 Å². The first-order valence-corrected chi connectivity index (χ1v) is 7.66. The minimum absolute atomic E-state index is 0.0750. The third kappa shape index (κ3) is 2.69. The van der Waals surface area contributed by atoms with Gasteiger partial charge in [0, 0.05) is 13.1 Å².